The Hall–Kier alpha value is -0.661. The molecule has 2 rings (SSSR count). The molecular formula is C12H10N2Se2. The van der Waals surface area contributed by atoms with E-state index >= 15 is 0 Å². The number of hydrogen-bond donors (Lipinski definition) is 0. The molecule has 0 saturated heterocycles. The van der Waals surface area contributed by atoms with Crippen molar-refractivity contribution in [2.24, 2.45) is 0 Å². The van der Waals surface area contributed by atoms with E-state index in [1.165, 1.54) is 0 Å². The molecular weight excluding hydrogens is 330 g/mol. The summed E-state index contributed by atoms with van der Waals surface area (Å²) in [6.07, 6.45) is 1.61. The molecule has 0 N–H and O–H groups in total. The van der Waals surface area contributed by atoms with E-state index in [0.717, 1.165) is 35.3 Å². The fraction of sp³-hybridized carbons (Fsp3) is 0.167. The van der Waals surface area contributed by atoms with Crippen molar-refractivity contribution in [1.29, 1.82) is 0 Å². The van der Waals surface area contributed by atoms with Crippen molar-refractivity contribution in [3.63, 3.8) is 0 Å². The molecule has 0 bridgehead atoms. The summed E-state index contributed by atoms with van der Waals surface area (Å²) in [5, 5.41) is 1.14. The summed E-state index contributed by atoms with van der Waals surface area (Å²) in [7, 11) is 0. The second kappa shape index (κ2) is 5.60. The van der Waals surface area contributed by atoms with E-state index in [2.05, 4.69) is 47.2 Å². The number of benzene rings is 1. The van der Waals surface area contributed by atoms with E-state index in [1.54, 1.807) is 0 Å². The maximum absolute atomic E-state index is 4.57. The molecule has 1 aromatic carbocycles. The van der Waals surface area contributed by atoms with Gasteiger partial charge in [-0.05, 0) is 0 Å². The van der Waals surface area contributed by atoms with Crippen molar-refractivity contribution in [2.45, 2.75) is 12.8 Å². The molecule has 0 atom stereocenters. The van der Waals surface area contributed by atoms with Crippen molar-refractivity contribution >= 4 is 51.9 Å². The molecule has 0 saturated carbocycles. The predicted octanol–water partition coefficient (Wildman–Crippen LogP) is 0.656. The minimum atomic E-state index is 0.769. The third-order valence-electron chi connectivity index (χ3n) is 2.27. The van der Waals surface area contributed by atoms with Crippen LogP contribution in [0.3, 0.4) is 0 Å². The molecule has 2 aromatic rings. The Morgan fingerprint density at radius 1 is 1.00 bits per heavy atom. The van der Waals surface area contributed by atoms with Crippen LogP contribution in [0.15, 0.2) is 24.3 Å². The Morgan fingerprint density at radius 3 is 2.50 bits per heavy atom. The summed E-state index contributed by atoms with van der Waals surface area (Å²) in [4.78, 5) is 13.0. The topological polar surface area (TPSA) is 25.8 Å². The van der Waals surface area contributed by atoms with Crippen molar-refractivity contribution in [3.05, 3.63) is 35.8 Å². The standard InChI is InChI=1S/C12H10N2Se2/c15-7-5-11-9-3-1-2-4-10(9)13-12(14-11)6-8-16/h1-4,7-8H,5-6H2. The molecule has 16 heavy (non-hydrogen) atoms. The van der Waals surface area contributed by atoms with E-state index < -0.39 is 0 Å². The summed E-state index contributed by atoms with van der Waals surface area (Å²) in [6, 6.07) is 8.13. The molecule has 0 aliphatic heterocycles. The Balaban J connectivity index is 2.62. The van der Waals surface area contributed by atoms with E-state index in [1.807, 2.05) is 28.0 Å². The van der Waals surface area contributed by atoms with Gasteiger partial charge in [0.15, 0.2) is 0 Å². The number of rotatable bonds is 4. The zero-order chi connectivity index (χ0) is 11.4. The van der Waals surface area contributed by atoms with Gasteiger partial charge in [0.2, 0.25) is 0 Å². The summed E-state index contributed by atoms with van der Waals surface area (Å²) in [5.74, 6) is 0.870. The molecule has 0 aliphatic rings. The molecule has 2 nitrogen and oxygen atoms in total. The molecule has 0 spiro atoms. The molecule has 4 heteroatoms. The molecule has 0 aliphatic carbocycles. The second-order valence-electron chi connectivity index (χ2n) is 3.35. The van der Waals surface area contributed by atoms with Crippen molar-refractivity contribution < 1.29 is 0 Å². The molecule has 1 aromatic heterocycles. The molecule has 0 unspecified atom stereocenters. The van der Waals surface area contributed by atoms with Crippen LogP contribution < -0.4 is 0 Å². The van der Waals surface area contributed by atoms with Gasteiger partial charge in [-0.15, -0.1) is 0 Å². The van der Waals surface area contributed by atoms with E-state index in [9.17, 15) is 0 Å². The normalized spacial score (nSPS) is 10.2. The fourth-order valence-corrected chi connectivity index (χ4v) is 2.24. The van der Waals surface area contributed by atoms with Crippen LogP contribution in [0.5, 0.6) is 0 Å². The van der Waals surface area contributed by atoms with Gasteiger partial charge in [-0.2, -0.15) is 0 Å². The van der Waals surface area contributed by atoms with Crippen LogP contribution in [0, 0.1) is 0 Å². The summed E-state index contributed by atoms with van der Waals surface area (Å²) in [6.45, 7) is 0. The van der Waals surface area contributed by atoms with Crippen LogP contribution in [0.4, 0.5) is 0 Å². The minimum absolute atomic E-state index is 0.769. The van der Waals surface area contributed by atoms with Crippen LogP contribution in [0.25, 0.3) is 10.9 Å². The van der Waals surface area contributed by atoms with Gasteiger partial charge in [0, 0.05) is 0 Å². The average Bonchev–Trinajstić information content (AvgIpc) is 2.30. The van der Waals surface area contributed by atoms with Crippen LogP contribution in [0.1, 0.15) is 11.5 Å². The number of fused-ring (bicyclic) bond motifs is 1. The number of para-hydroxylation sites is 1. The molecule has 80 valence electrons. The van der Waals surface area contributed by atoms with Gasteiger partial charge in [-0.25, -0.2) is 0 Å². The number of aromatic nitrogens is 2. The van der Waals surface area contributed by atoms with Crippen molar-refractivity contribution in [2.75, 3.05) is 0 Å². The van der Waals surface area contributed by atoms with Crippen LogP contribution in [-0.4, -0.2) is 51.0 Å². The van der Waals surface area contributed by atoms with Crippen molar-refractivity contribution in [3.8, 4) is 0 Å². The Labute approximate surface area is 110 Å². The molecule has 0 amide bonds. The summed E-state index contributed by atoms with van der Waals surface area (Å²) in [5.41, 5.74) is 2.10. The van der Waals surface area contributed by atoms with E-state index in [0.29, 0.717) is 0 Å². The molecule has 0 fully saturated rings. The van der Waals surface area contributed by atoms with Gasteiger partial charge in [-0.1, -0.05) is 0 Å². The SMILES string of the molecule is [Se]=CCc1nc(CC=[Se])c2ccccc2n1. The van der Waals surface area contributed by atoms with Gasteiger partial charge in [0.1, 0.15) is 0 Å². The molecule has 1 heterocycles. The Kier molecular flexibility index (Phi) is 4.14. The second-order valence-corrected chi connectivity index (χ2v) is 4.74. The van der Waals surface area contributed by atoms with Gasteiger partial charge in [-0.3, -0.25) is 0 Å². The predicted molar refractivity (Wildman–Crippen MR) is 70.6 cm³/mol. The summed E-state index contributed by atoms with van der Waals surface area (Å²) >= 11 is 5.78. The first-order chi connectivity index (χ1) is 7.85. The van der Waals surface area contributed by atoms with Gasteiger partial charge < -0.3 is 0 Å². The zero-order valence-corrected chi connectivity index (χ0v) is 12.0. The van der Waals surface area contributed by atoms with E-state index in [4.69, 9.17) is 0 Å². The van der Waals surface area contributed by atoms with Gasteiger partial charge >= 0.3 is 110 Å². The number of nitrogens with zero attached hydrogens (tertiary/aromatic N) is 2. The van der Waals surface area contributed by atoms with Gasteiger partial charge in [0.05, 0.1) is 0 Å². The van der Waals surface area contributed by atoms with Gasteiger partial charge in [0.25, 0.3) is 0 Å². The Bertz CT molecular complexity index is 538. The third-order valence-corrected chi connectivity index (χ3v) is 2.97. The zero-order valence-electron chi connectivity index (χ0n) is 8.59. The van der Waals surface area contributed by atoms with Crippen LogP contribution in [0.2, 0.25) is 0 Å². The third kappa shape index (κ3) is 2.53. The first-order valence-corrected chi connectivity index (χ1v) is 6.94. The first kappa shape index (κ1) is 11.8. The average molecular weight is 340 g/mol. The van der Waals surface area contributed by atoms with E-state index in [-0.39, 0.29) is 0 Å². The van der Waals surface area contributed by atoms with Crippen LogP contribution >= 0.6 is 0 Å². The fourth-order valence-electron chi connectivity index (χ4n) is 1.60. The van der Waals surface area contributed by atoms with Crippen LogP contribution in [-0.2, 0) is 12.8 Å². The number of hydrogen-bond acceptors (Lipinski definition) is 2. The Morgan fingerprint density at radius 2 is 1.75 bits per heavy atom. The maximum atomic E-state index is 4.57. The van der Waals surface area contributed by atoms with Crippen molar-refractivity contribution in [1.82, 2.24) is 9.97 Å². The first-order valence-electron chi connectivity index (χ1n) is 4.97. The molecule has 0 radical (unpaired) electrons. The quantitative estimate of drug-likeness (QED) is 0.765. The monoisotopic (exact) mass is 342 g/mol. The summed E-state index contributed by atoms with van der Waals surface area (Å²) < 4.78 is 0.